The van der Waals surface area contributed by atoms with E-state index in [0.29, 0.717) is 12.3 Å². The maximum absolute atomic E-state index is 11.6. The van der Waals surface area contributed by atoms with E-state index in [9.17, 15) is 4.79 Å². The molecule has 0 spiro atoms. The van der Waals surface area contributed by atoms with Crippen molar-refractivity contribution >= 4 is 16.8 Å². The van der Waals surface area contributed by atoms with Crippen molar-refractivity contribution in [2.45, 2.75) is 13.0 Å². The summed E-state index contributed by atoms with van der Waals surface area (Å²) >= 11 is 0. The number of hydrogen-bond acceptors (Lipinski definition) is 4. The minimum absolute atomic E-state index is 0.0416. The fraction of sp³-hybridized carbons (Fsp3) is 0.286. The number of carbonyl (C=O) groups is 1. The van der Waals surface area contributed by atoms with Crippen LogP contribution in [-0.4, -0.2) is 30.1 Å². The molecule has 100 valence electrons. The monoisotopic (exact) mass is 259 g/mol. The minimum Gasteiger partial charge on any atom is -0.481 e. The number of amides is 1. The highest BCUT2D eigenvalue weighted by Crippen LogP contribution is 2.22. The molecule has 0 saturated heterocycles. The summed E-state index contributed by atoms with van der Waals surface area (Å²) in [6.45, 7) is 2.21. The number of nitrogens with one attached hydrogen (secondary N) is 1. The van der Waals surface area contributed by atoms with Gasteiger partial charge in [-0.1, -0.05) is 18.2 Å². The van der Waals surface area contributed by atoms with Gasteiger partial charge >= 0.3 is 0 Å². The fourth-order valence-electron chi connectivity index (χ4n) is 1.71. The van der Waals surface area contributed by atoms with Gasteiger partial charge in [-0.25, -0.2) is 0 Å². The molecular weight excluding hydrogens is 242 g/mol. The number of pyridine rings is 1. The Balaban J connectivity index is 2.04. The summed E-state index contributed by atoms with van der Waals surface area (Å²) in [6.07, 6.45) is 1.70. The van der Waals surface area contributed by atoms with Crippen LogP contribution in [0, 0.1) is 0 Å². The summed E-state index contributed by atoms with van der Waals surface area (Å²) in [5, 5.41) is 3.72. The molecule has 3 N–H and O–H groups in total. The second kappa shape index (κ2) is 6.15. The van der Waals surface area contributed by atoms with Crippen molar-refractivity contribution < 1.29 is 9.53 Å². The second-order valence-corrected chi connectivity index (χ2v) is 4.32. The summed E-state index contributed by atoms with van der Waals surface area (Å²) in [5.74, 6) is 0.416. The van der Waals surface area contributed by atoms with E-state index in [-0.39, 0.29) is 18.6 Å². The van der Waals surface area contributed by atoms with Gasteiger partial charge in [0.05, 0.1) is 0 Å². The van der Waals surface area contributed by atoms with Crippen molar-refractivity contribution in [2.75, 3.05) is 13.2 Å². The molecule has 1 unspecified atom stereocenters. The lowest BCUT2D eigenvalue weighted by atomic mass is 10.2. The minimum atomic E-state index is -0.189. The number of nitrogens with zero attached hydrogens (tertiary/aromatic N) is 1. The van der Waals surface area contributed by atoms with Crippen molar-refractivity contribution in [1.29, 1.82) is 0 Å². The summed E-state index contributed by atoms with van der Waals surface area (Å²) in [5.41, 5.74) is 6.19. The zero-order valence-corrected chi connectivity index (χ0v) is 10.8. The Morgan fingerprint density at radius 1 is 1.42 bits per heavy atom. The Labute approximate surface area is 111 Å². The lowest BCUT2D eigenvalue weighted by molar-refractivity contribution is -0.123. The molecule has 1 atom stereocenters. The molecule has 1 amide bonds. The zero-order valence-electron chi connectivity index (χ0n) is 10.8. The summed E-state index contributed by atoms with van der Waals surface area (Å²) in [6, 6.07) is 9.38. The average molecular weight is 259 g/mol. The molecule has 5 heteroatoms. The highest BCUT2D eigenvalue weighted by atomic mass is 16.5. The van der Waals surface area contributed by atoms with Crippen LogP contribution in [0.15, 0.2) is 36.5 Å². The zero-order chi connectivity index (χ0) is 13.7. The van der Waals surface area contributed by atoms with Gasteiger partial charge in [-0.05, 0) is 19.1 Å². The highest BCUT2D eigenvalue weighted by Gasteiger charge is 2.08. The van der Waals surface area contributed by atoms with Crippen molar-refractivity contribution in [3.05, 3.63) is 36.5 Å². The van der Waals surface area contributed by atoms with Crippen LogP contribution in [0.2, 0.25) is 0 Å². The molecule has 0 radical (unpaired) electrons. The maximum Gasteiger partial charge on any atom is 0.258 e. The molecule has 1 aromatic heterocycles. The van der Waals surface area contributed by atoms with Crippen molar-refractivity contribution in [1.82, 2.24) is 10.3 Å². The molecule has 2 aromatic rings. The number of carbonyl (C=O) groups excluding carboxylic acids is 1. The molecule has 0 aliphatic heterocycles. The third kappa shape index (κ3) is 3.42. The van der Waals surface area contributed by atoms with Gasteiger partial charge < -0.3 is 15.8 Å². The van der Waals surface area contributed by atoms with Crippen LogP contribution in [0.25, 0.3) is 10.9 Å². The first-order valence-corrected chi connectivity index (χ1v) is 6.16. The van der Waals surface area contributed by atoms with E-state index in [0.717, 1.165) is 10.9 Å². The topological polar surface area (TPSA) is 77.2 Å². The van der Waals surface area contributed by atoms with E-state index in [1.807, 2.05) is 31.2 Å². The van der Waals surface area contributed by atoms with Gasteiger partial charge in [0.1, 0.15) is 11.3 Å². The van der Waals surface area contributed by atoms with Gasteiger partial charge in [-0.15, -0.1) is 0 Å². The van der Waals surface area contributed by atoms with Gasteiger partial charge in [-0.2, -0.15) is 0 Å². The Morgan fingerprint density at radius 2 is 2.21 bits per heavy atom. The molecule has 0 fully saturated rings. The number of rotatable bonds is 5. The van der Waals surface area contributed by atoms with Crippen LogP contribution in [0.5, 0.6) is 5.75 Å². The molecule has 0 aliphatic rings. The van der Waals surface area contributed by atoms with Gasteiger partial charge in [0.2, 0.25) is 0 Å². The van der Waals surface area contributed by atoms with Gasteiger partial charge in [0.15, 0.2) is 6.61 Å². The predicted octanol–water partition coefficient (Wildman–Crippen LogP) is 1.08. The average Bonchev–Trinajstić information content (AvgIpc) is 2.44. The molecule has 0 aliphatic carbocycles. The quantitative estimate of drug-likeness (QED) is 0.842. The van der Waals surface area contributed by atoms with E-state index in [2.05, 4.69) is 10.3 Å². The molecule has 19 heavy (non-hydrogen) atoms. The van der Waals surface area contributed by atoms with Crippen molar-refractivity contribution in [3.8, 4) is 5.75 Å². The first-order valence-electron chi connectivity index (χ1n) is 6.16. The first-order chi connectivity index (χ1) is 9.20. The molecule has 0 saturated carbocycles. The molecule has 5 nitrogen and oxygen atoms in total. The van der Waals surface area contributed by atoms with Gasteiger partial charge in [0.25, 0.3) is 5.91 Å². The van der Waals surface area contributed by atoms with Crippen LogP contribution < -0.4 is 15.8 Å². The van der Waals surface area contributed by atoms with Crippen LogP contribution >= 0.6 is 0 Å². The van der Waals surface area contributed by atoms with Gasteiger partial charge in [-0.3, -0.25) is 9.78 Å². The lowest BCUT2D eigenvalue weighted by Gasteiger charge is -2.12. The summed E-state index contributed by atoms with van der Waals surface area (Å²) in [4.78, 5) is 15.9. The largest absolute Gasteiger partial charge is 0.481 e. The predicted molar refractivity (Wildman–Crippen MR) is 73.9 cm³/mol. The molecule has 2 rings (SSSR count). The SMILES string of the molecule is CC(CN)NC(=O)COc1cccc2cccnc12. The molecule has 0 bridgehead atoms. The van der Waals surface area contributed by atoms with Crippen molar-refractivity contribution in [2.24, 2.45) is 5.73 Å². The van der Waals surface area contributed by atoms with Crippen LogP contribution in [0.3, 0.4) is 0 Å². The maximum atomic E-state index is 11.6. The van der Waals surface area contributed by atoms with Crippen LogP contribution in [-0.2, 0) is 4.79 Å². The molecule has 1 aromatic carbocycles. The summed E-state index contributed by atoms with van der Waals surface area (Å²) in [7, 11) is 0. The number of hydrogen-bond donors (Lipinski definition) is 2. The van der Waals surface area contributed by atoms with E-state index < -0.39 is 0 Å². The Morgan fingerprint density at radius 3 is 3.00 bits per heavy atom. The molecular formula is C14H17N3O2. The van der Waals surface area contributed by atoms with E-state index in [1.165, 1.54) is 0 Å². The van der Waals surface area contributed by atoms with Crippen molar-refractivity contribution in [3.63, 3.8) is 0 Å². The Hall–Kier alpha value is -2.14. The summed E-state index contributed by atoms with van der Waals surface area (Å²) < 4.78 is 5.51. The van der Waals surface area contributed by atoms with E-state index >= 15 is 0 Å². The second-order valence-electron chi connectivity index (χ2n) is 4.32. The Kier molecular flexibility index (Phi) is 4.30. The first kappa shape index (κ1) is 13.3. The number of ether oxygens (including phenoxy) is 1. The standard InChI is InChI=1S/C14H17N3O2/c1-10(8-15)17-13(18)9-19-12-6-2-4-11-5-3-7-16-14(11)12/h2-7,10H,8-9,15H2,1H3,(H,17,18). The number of nitrogens with two attached hydrogens (primary N) is 1. The van der Waals surface area contributed by atoms with Gasteiger partial charge in [0, 0.05) is 24.2 Å². The third-order valence-electron chi connectivity index (χ3n) is 2.72. The Bertz CT molecular complexity index is 566. The third-order valence-corrected chi connectivity index (χ3v) is 2.72. The van der Waals surface area contributed by atoms with Crippen LogP contribution in [0.4, 0.5) is 0 Å². The highest BCUT2D eigenvalue weighted by molar-refractivity contribution is 5.85. The molecule has 1 heterocycles. The van der Waals surface area contributed by atoms with Crippen LogP contribution in [0.1, 0.15) is 6.92 Å². The number of para-hydroxylation sites is 1. The number of fused-ring (bicyclic) bond motifs is 1. The normalized spacial score (nSPS) is 12.1. The number of aromatic nitrogens is 1. The lowest BCUT2D eigenvalue weighted by Crippen LogP contribution is -2.40. The van der Waals surface area contributed by atoms with E-state index in [1.54, 1.807) is 12.3 Å². The number of benzene rings is 1. The van der Waals surface area contributed by atoms with E-state index in [4.69, 9.17) is 10.5 Å². The smallest absolute Gasteiger partial charge is 0.258 e. The fourth-order valence-corrected chi connectivity index (χ4v) is 1.71.